The van der Waals surface area contributed by atoms with Crippen molar-refractivity contribution in [2.24, 2.45) is 0 Å². The van der Waals surface area contributed by atoms with Crippen LogP contribution in [0.3, 0.4) is 0 Å². The van der Waals surface area contributed by atoms with E-state index in [-0.39, 0.29) is 6.54 Å². The maximum atomic E-state index is 14.3. The average Bonchev–Trinajstić information content (AvgIpc) is 3.44. The lowest BCUT2D eigenvalue weighted by molar-refractivity contribution is -0.0120. The lowest BCUT2D eigenvalue weighted by Gasteiger charge is -2.21. The molecule has 0 saturated heterocycles. The molecule has 34 heavy (non-hydrogen) atoms. The number of aliphatic hydroxyl groups is 1. The molecule has 0 aliphatic heterocycles. The van der Waals surface area contributed by atoms with Gasteiger partial charge in [0, 0.05) is 17.4 Å². The monoisotopic (exact) mass is 459 g/mol. The maximum absolute atomic E-state index is 14.3. The van der Waals surface area contributed by atoms with Crippen molar-refractivity contribution in [2.45, 2.75) is 45.1 Å². The van der Waals surface area contributed by atoms with Gasteiger partial charge in [-0.2, -0.15) is 15.6 Å². The number of hydrogen-bond acceptors (Lipinski definition) is 8. The van der Waals surface area contributed by atoms with Gasteiger partial charge in [-0.15, -0.1) is 5.10 Å². The molecule has 0 aliphatic carbocycles. The molecule has 0 aliphatic rings. The quantitative estimate of drug-likeness (QED) is 0.430. The van der Waals surface area contributed by atoms with Gasteiger partial charge in [0.25, 0.3) is 0 Å². The number of pyridine rings is 1. The Balaban J connectivity index is 1.73. The van der Waals surface area contributed by atoms with Crippen molar-refractivity contribution in [3.8, 4) is 34.8 Å². The van der Waals surface area contributed by atoms with E-state index in [0.29, 0.717) is 33.9 Å². The number of hydrogen-bond donors (Lipinski definition) is 2. The Morgan fingerprint density at radius 3 is 2.71 bits per heavy atom. The van der Waals surface area contributed by atoms with Crippen molar-refractivity contribution < 1.29 is 9.50 Å². The Morgan fingerprint density at radius 2 is 2.00 bits per heavy atom. The highest BCUT2D eigenvalue weighted by Crippen LogP contribution is 2.31. The number of aromatic nitrogens is 6. The van der Waals surface area contributed by atoms with Gasteiger partial charge in [0.1, 0.15) is 24.0 Å². The zero-order chi connectivity index (χ0) is 24.5. The summed E-state index contributed by atoms with van der Waals surface area (Å²) >= 11 is 0. The van der Waals surface area contributed by atoms with Gasteiger partial charge in [-0.05, 0) is 45.0 Å². The van der Waals surface area contributed by atoms with Gasteiger partial charge >= 0.3 is 0 Å². The van der Waals surface area contributed by atoms with Crippen molar-refractivity contribution in [2.75, 3.05) is 5.32 Å². The van der Waals surface area contributed by atoms with E-state index < -0.39 is 17.8 Å². The first-order valence-electron chi connectivity index (χ1n) is 10.5. The minimum Gasteiger partial charge on any atom is -0.387 e. The molecule has 0 radical (unpaired) electrons. The molecular weight excluding hydrogens is 437 g/mol. The van der Waals surface area contributed by atoms with Gasteiger partial charge in [0.15, 0.2) is 0 Å². The number of nitrogens with zero attached hydrogens (tertiary/aromatic N) is 8. The summed E-state index contributed by atoms with van der Waals surface area (Å²) < 4.78 is 17.3. The lowest BCUT2D eigenvalue weighted by atomic mass is 10.0. The van der Waals surface area contributed by atoms with E-state index >= 15 is 0 Å². The third kappa shape index (κ3) is 4.56. The van der Waals surface area contributed by atoms with Gasteiger partial charge in [-0.1, -0.05) is 5.21 Å². The van der Waals surface area contributed by atoms with Crippen LogP contribution in [0.2, 0.25) is 0 Å². The number of fused-ring (bicyclic) bond motifs is 1. The van der Waals surface area contributed by atoms with Crippen molar-refractivity contribution in [3.05, 3.63) is 48.4 Å². The Kier molecular flexibility index (Phi) is 5.97. The van der Waals surface area contributed by atoms with Crippen LogP contribution in [0.15, 0.2) is 42.9 Å². The zero-order valence-electron chi connectivity index (χ0n) is 18.8. The van der Waals surface area contributed by atoms with Crippen molar-refractivity contribution in [3.63, 3.8) is 0 Å². The predicted octanol–water partition coefficient (Wildman–Crippen LogP) is 2.96. The van der Waals surface area contributed by atoms with Gasteiger partial charge in [-0.3, -0.25) is 4.98 Å². The van der Waals surface area contributed by atoms with Gasteiger partial charge in [0.2, 0.25) is 0 Å². The van der Waals surface area contributed by atoms with Crippen LogP contribution in [-0.2, 0) is 6.54 Å². The molecule has 0 bridgehead atoms. The molecule has 0 aromatic carbocycles. The number of halogens is 1. The molecule has 4 aromatic rings. The van der Waals surface area contributed by atoms with Crippen LogP contribution >= 0.6 is 0 Å². The summed E-state index contributed by atoms with van der Waals surface area (Å²) in [6, 6.07) is 10.9. The third-order valence-corrected chi connectivity index (χ3v) is 5.29. The van der Waals surface area contributed by atoms with Crippen LogP contribution in [0.4, 0.5) is 10.1 Å². The molecule has 11 heteroatoms. The number of nitriles is 2. The molecule has 4 rings (SSSR count). The second kappa shape index (κ2) is 8.89. The van der Waals surface area contributed by atoms with Crippen LogP contribution in [-0.4, -0.2) is 52.5 Å². The molecule has 10 nitrogen and oxygen atoms in total. The molecule has 0 spiro atoms. The summed E-state index contributed by atoms with van der Waals surface area (Å²) in [6.45, 7) is 4.34. The van der Waals surface area contributed by atoms with Crippen LogP contribution < -0.4 is 5.32 Å². The first-order chi connectivity index (χ1) is 16.2. The standard InChI is InChI=1S/C23H22FN9O/c1-14(8-25)29-18-7-19(21-5-4-16-6-15(9-26)10-28-33(16)21)27-11-17(18)20-12-32(31-30-20)13-22(24)23(2,3)34/h4-7,10-12,14,22,34H,13H2,1-3H3,(H,27,29). The molecule has 2 N–H and O–H groups in total. The predicted molar refractivity (Wildman–Crippen MR) is 122 cm³/mol. The number of alkyl halides is 1. The normalized spacial score (nSPS) is 13.3. The number of rotatable bonds is 7. The lowest BCUT2D eigenvalue weighted by Crippen LogP contribution is -2.35. The SMILES string of the molecule is CC(C#N)Nc1cc(-c2ccc3cc(C#N)cnn23)ncc1-c1cn(CC(F)C(C)(C)O)nn1. The van der Waals surface area contributed by atoms with E-state index in [4.69, 9.17) is 5.26 Å². The molecule has 4 aromatic heterocycles. The van der Waals surface area contributed by atoms with E-state index in [1.165, 1.54) is 24.7 Å². The second-order valence-corrected chi connectivity index (χ2v) is 8.47. The minimum atomic E-state index is -1.53. The summed E-state index contributed by atoms with van der Waals surface area (Å²) in [5.74, 6) is 0. The van der Waals surface area contributed by atoms with Crippen LogP contribution in [0.5, 0.6) is 0 Å². The van der Waals surface area contributed by atoms with Gasteiger partial charge in [-0.25, -0.2) is 13.6 Å². The van der Waals surface area contributed by atoms with E-state index in [0.717, 1.165) is 5.52 Å². The van der Waals surface area contributed by atoms with Crippen LogP contribution in [0, 0.1) is 22.7 Å². The van der Waals surface area contributed by atoms with Crippen LogP contribution in [0.25, 0.3) is 28.2 Å². The summed E-state index contributed by atoms with van der Waals surface area (Å²) in [5, 5.41) is 43.8. The first kappa shape index (κ1) is 22.8. The number of nitrogens with one attached hydrogen (secondary N) is 1. The van der Waals surface area contributed by atoms with Gasteiger partial charge < -0.3 is 10.4 Å². The van der Waals surface area contributed by atoms with E-state index in [1.54, 1.807) is 36.0 Å². The molecule has 4 heterocycles. The van der Waals surface area contributed by atoms with E-state index in [9.17, 15) is 14.8 Å². The smallest absolute Gasteiger partial charge is 0.148 e. The fourth-order valence-electron chi connectivity index (χ4n) is 3.34. The molecule has 0 amide bonds. The van der Waals surface area contributed by atoms with Gasteiger partial charge in [0.05, 0.1) is 53.1 Å². The summed E-state index contributed by atoms with van der Waals surface area (Å²) in [7, 11) is 0. The van der Waals surface area contributed by atoms with E-state index in [2.05, 4.69) is 37.8 Å². The minimum absolute atomic E-state index is 0.161. The first-order valence-corrected chi connectivity index (χ1v) is 10.5. The fourth-order valence-corrected chi connectivity index (χ4v) is 3.34. The fraction of sp³-hybridized carbons (Fsp3) is 0.304. The van der Waals surface area contributed by atoms with Crippen molar-refractivity contribution in [1.82, 2.24) is 29.6 Å². The molecular formula is C23H22FN9O. The highest BCUT2D eigenvalue weighted by molar-refractivity contribution is 5.79. The Bertz CT molecular complexity index is 1420. The zero-order valence-corrected chi connectivity index (χ0v) is 18.8. The average molecular weight is 459 g/mol. The van der Waals surface area contributed by atoms with Crippen LogP contribution in [0.1, 0.15) is 26.3 Å². The number of anilines is 1. The summed E-state index contributed by atoms with van der Waals surface area (Å²) in [6.07, 6.45) is 3.11. The Morgan fingerprint density at radius 1 is 1.21 bits per heavy atom. The topological polar surface area (TPSA) is 141 Å². The Labute approximate surface area is 194 Å². The largest absolute Gasteiger partial charge is 0.387 e. The summed E-state index contributed by atoms with van der Waals surface area (Å²) in [4.78, 5) is 4.55. The highest BCUT2D eigenvalue weighted by atomic mass is 19.1. The molecule has 2 unspecified atom stereocenters. The maximum Gasteiger partial charge on any atom is 0.148 e. The van der Waals surface area contributed by atoms with Crippen molar-refractivity contribution in [1.29, 1.82) is 10.5 Å². The molecule has 2 atom stereocenters. The third-order valence-electron chi connectivity index (χ3n) is 5.29. The summed E-state index contributed by atoms with van der Waals surface area (Å²) in [5.41, 5.74) is 2.59. The molecule has 0 fully saturated rings. The van der Waals surface area contributed by atoms with Crippen molar-refractivity contribution >= 4 is 11.2 Å². The highest BCUT2D eigenvalue weighted by Gasteiger charge is 2.27. The molecule has 172 valence electrons. The Hall–Kier alpha value is -4.35. The van der Waals surface area contributed by atoms with E-state index in [1.807, 2.05) is 12.1 Å². The second-order valence-electron chi connectivity index (χ2n) is 8.47. The molecule has 0 saturated carbocycles.